The Morgan fingerprint density at radius 1 is 1.55 bits per heavy atom. The second-order valence-corrected chi connectivity index (χ2v) is 7.52. The Bertz CT molecular complexity index is 683. The topological polar surface area (TPSA) is 91.8 Å². The summed E-state index contributed by atoms with van der Waals surface area (Å²) in [5.74, 6) is 0.127. The molecule has 0 bridgehead atoms. The van der Waals surface area contributed by atoms with Gasteiger partial charge in [-0.05, 0) is 19.4 Å². The van der Waals surface area contributed by atoms with Crippen LogP contribution in [0, 0.1) is 25.2 Å². The molecule has 0 aliphatic rings. The Labute approximate surface area is 128 Å². The summed E-state index contributed by atoms with van der Waals surface area (Å²) in [6, 6.07) is 2.13. The van der Waals surface area contributed by atoms with Crippen molar-refractivity contribution in [3.63, 3.8) is 0 Å². The SMILES string of the molecule is Cc1sc(NC(=O)CSc2cnc(N)s2)c(C#N)c1C. The number of thiazole rings is 1. The first kappa shape index (κ1) is 14.8. The fourth-order valence-corrected chi connectivity index (χ4v) is 4.07. The molecule has 2 rings (SSSR count). The molecule has 0 saturated heterocycles. The molecule has 0 radical (unpaired) electrons. The van der Waals surface area contributed by atoms with Crippen LogP contribution in [0.5, 0.6) is 0 Å². The third kappa shape index (κ3) is 3.30. The van der Waals surface area contributed by atoms with E-state index < -0.39 is 0 Å². The maximum atomic E-state index is 11.9. The van der Waals surface area contributed by atoms with E-state index in [1.54, 1.807) is 6.20 Å². The monoisotopic (exact) mass is 324 g/mol. The summed E-state index contributed by atoms with van der Waals surface area (Å²) in [5, 5.41) is 13.0. The van der Waals surface area contributed by atoms with Crippen LogP contribution in [0.3, 0.4) is 0 Å². The average molecular weight is 324 g/mol. The van der Waals surface area contributed by atoms with E-state index in [1.165, 1.54) is 34.4 Å². The molecule has 8 heteroatoms. The fourth-order valence-electron chi connectivity index (χ4n) is 1.49. The van der Waals surface area contributed by atoms with E-state index in [2.05, 4.69) is 16.4 Å². The van der Waals surface area contributed by atoms with E-state index in [-0.39, 0.29) is 11.7 Å². The van der Waals surface area contributed by atoms with Gasteiger partial charge in [0.1, 0.15) is 11.1 Å². The van der Waals surface area contributed by atoms with Gasteiger partial charge < -0.3 is 11.1 Å². The zero-order valence-electron chi connectivity index (χ0n) is 10.9. The van der Waals surface area contributed by atoms with Gasteiger partial charge in [0.15, 0.2) is 5.13 Å². The Morgan fingerprint density at radius 3 is 2.90 bits per heavy atom. The van der Waals surface area contributed by atoms with Gasteiger partial charge >= 0.3 is 0 Å². The second kappa shape index (κ2) is 6.26. The van der Waals surface area contributed by atoms with Gasteiger partial charge in [-0.25, -0.2) is 4.98 Å². The quantitative estimate of drug-likeness (QED) is 0.844. The van der Waals surface area contributed by atoms with E-state index in [0.29, 0.717) is 15.7 Å². The number of carbonyl (C=O) groups is 1. The first-order chi connectivity index (χ1) is 9.51. The highest BCUT2D eigenvalue weighted by molar-refractivity contribution is 8.01. The van der Waals surface area contributed by atoms with Crippen LogP contribution in [0.2, 0.25) is 0 Å². The molecule has 0 atom stereocenters. The summed E-state index contributed by atoms with van der Waals surface area (Å²) in [5.41, 5.74) is 7.00. The van der Waals surface area contributed by atoms with Crippen molar-refractivity contribution in [1.82, 2.24) is 4.98 Å². The number of thiophene rings is 1. The van der Waals surface area contributed by atoms with Crippen molar-refractivity contribution in [1.29, 1.82) is 5.26 Å². The van der Waals surface area contributed by atoms with Crippen molar-refractivity contribution in [3.05, 3.63) is 22.2 Å². The van der Waals surface area contributed by atoms with Crippen LogP contribution >= 0.6 is 34.4 Å². The normalized spacial score (nSPS) is 10.2. The molecule has 0 spiro atoms. The molecule has 0 saturated carbocycles. The number of carbonyl (C=O) groups excluding carboxylic acids is 1. The summed E-state index contributed by atoms with van der Waals surface area (Å²) in [7, 11) is 0. The van der Waals surface area contributed by atoms with Crippen LogP contribution in [0.4, 0.5) is 10.1 Å². The third-order valence-corrected chi connectivity index (χ3v) is 5.74. The number of amides is 1. The maximum absolute atomic E-state index is 11.9. The molecule has 5 nitrogen and oxygen atoms in total. The van der Waals surface area contributed by atoms with Crippen LogP contribution < -0.4 is 11.1 Å². The zero-order valence-corrected chi connectivity index (χ0v) is 13.3. The van der Waals surface area contributed by atoms with Gasteiger partial charge in [0.05, 0.1) is 21.7 Å². The van der Waals surface area contributed by atoms with Crippen molar-refractivity contribution < 1.29 is 4.79 Å². The minimum Gasteiger partial charge on any atom is -0.375 e. The van der Waals surface area contributed by atoms with Crippen molar-refractivity contribution in [2.45, 2.75) is 18.1 Å². The van der Waals surface area contributed by atoms with Crippen LogP contribution in [-0.2, 0) is 4.79 Å². The summed E-state index contributed by atoms with van der Waals surface area (Å²) in [6.45, 7) is 3.82. The van der Waals surface area contributed by atoms with Crippen molar-refractivity contribution in [3.8, 4) is 6.07 Å². The largest absolute Gasteiger partial charge is 0.375 e. The van der Waals surface area contributed by atoms with Crippen LogP contribution in [-0.4, -0.2) is 16.6 Å². The number of nitrogens with zero attached hydrogens (tertiary/aromatic N) is 2. The molecule has 0 aliphatic carbocycles. The number of nitrogens with two attached hydrogens (primary N) is 1. The van der Waals surface area contributed by atoms with Gasteiger partial charge in [-0.15, -0.1) is 23.1 Å². The number of nitrogens with one attached hydrogen (secondary N) is 1. The van der Waals surface area contributed by atoms with E-state index in [9.17, 15) is 4.79 Å². The number of aromatic nitrogens is 1. The number of rotatable bonds is 4. The fraction of sp³-hybridized carbons (Fsp3) is 0.250. The molecule has 2 heterocycles. The van der Waals surface area contributed by atoms with Crippen molar-refractivity contribution in [2.75, 3.05) is 16.8 Å². The smallest absolute Gasteiger partial charge is 0.235 e. The minimum atomic E-state index is -0.139. The number of hydrogen-bond donors (Lipinski definition) is 2. The lowest BCUT2D eigenvalue weighted by atomic mass is 10.2. The Morgan fingerprint density at radius 2 is 2.30 bits per heavy atom. The van der Waals surface area contributed by atoms with Crippen LogP contribution in [0.25, 0.3) is 0 Å². The van der Waals surface area contributed by atoms with Gasteiger partial charge in [0, 0.05) is 4.88 Å². The molecule has 104 valence electrons. The standard InChI is InChI=1S/C12H12N4OS3/c1-6-7(2)19-11(8(6)3-13)16-9(17)5-18-10-4-15-12(14)20-10/h4H,5H2,1-2H3,(H2,14,15)(H,16,17). The van der Waals surface area contributed by atoms with Gasteiger partial charge in [0.25, 0.3) is 0 Å². The highest BCUT2D eigenvalue weighted by atomic mass is 32.2. The lowest BCUT2D eigenvalue weighted by Crippen LogP contribution is -2.13. The van der Waals surface area contributed by atoms with Crippen molar-refractivity contribution in [2.24, 2.45) is 0 Å². The average Bonchev–Trinajstić information content (AvgIpc) is 2.92. The molecule has 1 amide bonds. The third-order valence-electron chi connectivity index (χ3n) is 2.60. The second-order valence-electron chi connectivity index (χ2n) is 3.95. The molecule has 0 aliphatic heterocycles. The van der Waals surface area contributed by atoms with Crippen molar-refractivity contribution >= 4 is 50.5 Å². The maximum Gasteiger partial charge on any atom is 0.235 e. The number of hydrogen-bond acceptors (Lipinski definition) is 7. The number of aryl methyl sites for hydroxylation is 1. The number of thioether (sulfide) groups is 1. The molecule has 2 aromatic heterocycles. The molecular formula is C12H12N4OS3. The highest BCUT2D eigenvalue weighted by Crippen LogP contribution is 2.32. The van der Waals surface area contributed by atoms with Crippen LogP contribution in [0.1, 0.15) is 16.0 Å². The minimum absolute atomic E-state index is 0.139. The molecule has 2 aromatic rings. The molecular weight excluding hydrogens is 312 g/mol. The zero-order chi connectivity index (χ0) is 14.7. The summed E-state index contributed by atoms with van der Waals surface area (Å²) >= 11 is 4.16. The van der Waals surface area contributed by atoms with Crippen LogP contribution in [0.15, 0.2) is 10.4 Å². The van der Waals surface area contributed by atoms with Gasteiger partial charge in [-0.2, -0.15) is 5.26 Å². The number of anilines is 2. The van der Waals surface area contributed by atoms with Gasteiger partial charge in [-0.1, -0.05) is 11.3 Å². The molecule has 0 aromatic carbocycles. The number of nitriles is 1. The molecule has 20 heavy (non-hydrogen) atoms. The summed E-state index contributed by atoms with van der Waals surface area (Å²) in [6.07, 6.45) is 1.65. The Balaban J connectivity index is 1.98. The molecule has 0 unspecified atom stereocenters. The van der Waals surface area contributed by atoms with E-state index >= 15 is 0 Å². The van der Waals surface area contributed by atoms with Gasteiger partial charge in [0.2, 0.25) is 5.91 Å². The molecule has 3 N–H and O–H groups in total. The lowest BCUT2D eigenvalue weighted by Gasteiger charge is -2.02. The summed E-state index contributed by atoms with van der Waals surface area (Å²) < 4.78 is 0.900. The summed E-state index contributed by atoms with van der Waals surface area (Å²) in [4.78, 5) is 16.9. The Hall–Kier alpha value is -1.56. The number of nitrogen functional groups attached to an aromatic ring is 1. The van der Waals surface area contributed by atoms with E-state index in [4.69, 9.17) is 11.0 Å². The predicted molar refractivity (Wildman–Crippen MR) is 84.4 cm³/mol. The van der Waals surface area contributed by atoms with E-state index in [0.717, 1.165) is 14.6 Å². The highest BCUT2D eigenvalue weighted by Gasteiger charge is 2.14. The predicted octanol–water partition coefficient (Wildman–Crippen LogP) is 3.01. The lowest BCUT2D eigenvalue weighted by molar-refractivity contribution is -0.113. The first-order valence-corrected chi connectivity index (χ1v) is 8.27. The van der Waals surface area contributed by atoms with E-state index in [1.807, 2.05) is 13.8 Å². The molecule has 0 fully saturated rings. The Kier molecular flexibility index (Phi) is 4.65. The van der Waals surface area contributed by atoms with Gasteiger partial charge in [-0.3, -0.25) is 4.79 Å². The first-order valence-electron chi connectivity index (χ1n) is 5.65.